The van der Waals surface area contributed by atoms with Gasteiger partial charge in [0.1, 0.15) is 0 Å². The van der Waals surface area contributed by atoms with E-state index in [2.05, 4.69) is 170 Å². The molecule has 0 aromatic heterocycles. The number of fused-ring (bicyclic) bond motifs is 8. The zero-order chi connectivity index (χ0) is 31.3. The minimum absolute atomic E-state index is 1.25. The van der Waals surface area contributed by atoms with Crippen LogP contribution in [0.2, 0.25) is 0 Å². The third-order valence-electron chi connectivity index (χ3n) is 10.7. The van der Waals surface area contributed by atoms with E-state index in [-0.39, 0.29) is 0 Å². The molecule has 0 heteroatoms. The van der Waals surface area contributed by atoms with E-state index in [1.54, 1.807) is 0 Å². The Morgan fingerprint density at radius 2 is 0.667 bits per heavy atom. The van der Waals surface area contributed by atoms with Gasteiger partial charge in [0.25, 0.3) is 0 Å². The van der Waals surface area contributed by atoms with Crippen LogP contribution in [0.15, 0.2) is 170 Å². The monoisotopic (exact) mass is 604 g/mol. The molecule has 0 aliphatic carbocycles. The third-order valence-corrected chi connectivity index (χ3v) is 10.7. The average Bonchev–Trinajstić information content (AvgIpc) is 3.66. The van der Waals surface area contributed by atoms with Gasteiger partial charge in [0.15, 0.2) is 0 Å². The molecular weight excluding hydrogens is 577 g/mol. The van der Waals surface area contributed by atoms with Crippen molar-refractivity contribution in [1.82, 2.24) is 0 Å². The molecule has 0 unspecified atom stereocenters. The SMILES string of the molecule is c1ccc(-c2ccc3c4c(-c5ccccc5)c5c(cc6c7ccccc7c7cccc5c76)c(-c5ccccc5)c4c4cccc2c43)cc1. The topological polar surface area (TPSA) is 0 Å². The molecular formula is C48H28. The molecule has 0 saturated heterocycles. The maximum absolute atomic E-state index is 2.51. The zero-order valence-corrected chi connectivity index (χ0v) is 26.2. The predicted molar refractivity (Wildman–Crippen MR) is 208 cm³/mol. The molecule has 11 aromatic rings. The highest BCUT2D eigenvalue weighted by Crippen LogP contribution is 2.55. The third kappa shape index (κ3) is 3.34. The van der Waals surface area contributed by atoms with E-state index >= 15 is 0 Å². The summed E-state index contributed by atoms with van der Waals surface area (Å²) in [6.45, 7) is 0. The zero-order valence-electron chi connectivity index (χ0n) is 26.2. The summed E-state index contributed by atoms with van der Waals surface area (Å²) in [6, 6.07) is 63.0. The molecule has 0 fully saturated rings. The Balaban J connectivity index is 1.48. The highest BCUT2D eigenvalue weighted by Gasteiger charge is 2.26. The summed E-state index contributed by atoms with van der Waals surface area (Å²) in [5.74, 6) is 0. The summed E-state index contributed by atoms with van der Waals surface area (Å²) in [7, 11) is 0. The van der Waals surface area contributed by atoms with Crippen LogP contribution >= 0.6 is 0 Å². The number of hydrogen-bond donors (Lipinski definition) is 0. The fraction of sp³-hybridized carbons (Fsp3) is 0. The van der Waals surface area contributed by atoms with Crippen molar-refractivity contribution in [2.24, 2.45) is 0 Å². The molecule has 0 N–H and O–H groups in total. The molecule has 0 spiro atoms. The smallest absolute Gasteiger partial charge is 0.000719 e. The predicted octanol–water partition coefficient (Wildman–Crippen LogP) is 13.6. The summed E-state index contributed by atoms with van der Waals surface area (Å²) >= 11 is 0. The Morgan fingerprint density at radius 3 is 1.35 bits per heavy atom. The van der Waals surface area contributed by atoms with Gasteiger partial charge in [0.05, 0.1) is 0 Å². The highest BCUT2D eigenvalue weighted by molar-refractivity contribution is 6.45. The van der Waals surface area contributed by atoms with E-state index in [4.69, 9.17) is 0 Å². The van der Waals surface area contributed by atoms with Crippen LogP contribution in [0.5, 0.6) is 0 Å². The van der Waals surface area contributed by atoms with Gasteiger partial charge in [-0.3, -0.25) is 0 Å². The quantitative estimate of drug-likeness (QED) is 0.176. The van der Waals surface area contributed by atoms with Crippen molar-refractivity contribution in [2.75, 3.05) is 0 Å². The first-order valence-electron chi connectivity index (χ1n) is 16.8. The Labute approximate surface area is 277 Å². The van der Waals surface area contributed by atoms with E-state index in [9.17, 15) is 0 Å². The largest absolute Gasteiger partial charge is 0.0622 e. The molecule has 0 saturated carbocycles. The maximum Gasteiger partial charge on any atom is -0.000719 e. The maximum atomic E-state index is 2.51. The lowest BCUT2D eigenvalue weighted by molar-refractivity contribution is 1.67. The molecule has 0 aliphatic heterocycles. The normalized spacial score (nSPS) is 12.2. The second kappa shape index (κ2) is 9.64. The second-order valence-corrected chi connectivity index (χ2v) is 13.1. The van der Waals surface area contributed by atoms with Gasteiger partial charge in [0, 0.05) is 0 Å². The van der Waals surface area contributed by atoms with Crippen molar-refractivity contribution < 1.29 is 0 Å². The molecule has 0 bridgehead atoms. The summed E-state index contributed by atoms with van der Waals surface area (Å²) in [4.78, 5) is 0. The first-order valence-corrected chi connectivity index (χ1v) is 16.8. The van der Waals surface area contributed by atoms with Crippen molar-refractivity contribution in [1.29, 1.82) is 0 Å². The fourth-order valence-electron chi connectivity index (χ4n) is 8.88. The molecule has 0 heterocycles. The van der Waals surface area contributed by atoms with Gasteiger partial charge in [0.2, 0.25) is 0 Å². The molecule has 0 nitrogen and oxygen atoms in total. The summed E-state index contributed by atoms with van der Waals surface area (Å²) < 4.78 is 0. The van der Waals surface area contributed by atoms with Crippen LogP contribution < -0.4 is 0 Å². The second-order valence-electron chi connectivity index (χ2n) is 13.1. The fourth-order valence-corrected chi connectivity index (χ4v) is 8.88. The van der Waals surface area contributed by atoms with Crippen LogP contribution in [0.3, 0.4) is 0 Å². The van der Waals surface area contributed by atoms with Crippen molar-refractivity contribution in [3.8, 4) is 33.4 Å². The van der Waals surface area contributed by atoms with E-state index in [0.717, 1.165) is 0 Å². The standard InChI is InChI=1S/C48H28/c1-4-14-29(15-5-1)32-26-27-39-44-35(32)22-12-25-38(44)47-42(30-16-6-2-7-17-30)41-28-40-34-21-11-10-20-33(34)36-23-13-24-37(45(36)40)46(41)43(48(39)47)31-18-8-3-9-19-31/h1-28H. The van der Waals surface area contributed by atoms with Crippen LogP contribution in [0.25, 0.3) is 109 Å². The summed E-state index contributed by atoms with van der Waals surface area (Å²) in [6.07, 6.45) is 0. The van der Waals surface area contributed by atoms with Crippen LogP contribution in [0.1, 0.15) is 0 Å². The van der Waals surface area contributed by atoms with E-state index in [1.807, 2.05) is 0 Å². The van der Waals surface area contributed by atoms with Crippen LogP contribution in [0, 0.1) is 0 Å². The Hall–Kier alpha value is -6.24. The van der Waals surface area contributed by atoms with Crippen molar-refractivity contribution in [3.05, 3.63) is 170 Å². The lowest BCUT2D eigenvalue weighted by Gasteiger charge is -2.19. The van der Waals surface area contributed by atoms with Gasteiger partial charge >= 0.3 is 0 Å². The van der Waals surface area contributed by atoms with Gasteiger partial charge in [-0.05, 0) is 115 Å². The summed E-state index contributed by atoms with van der Waals surface area (Å²) in [5, 5.41) is 18.6. The Kier molecular flexibility index (Phi) is 5.20. The van der Waals surface area contributed by atoms with Gasteiger partial charge in [-0.25, -0.2) is 0 Å². The Morgan fingerprint density at radius 1 is 0.208 bits per heavy atom. The number of benzene rings is 9. The van der Waals surface area contributed by atoms with Gasteiger partial charge < -0.3 is 0 Å². The van der Waals surface area contributed by atoms with Crippen LogP contribution in [-0.2, 0) is 0 Å². The van der Waals surface area contributed by atoms with Crippen molar-refractivity contribution in [2.45, 2.75) is 0 Å². The average molecular weight is 605 g/mol. The lowest BCUT2D eigenvalue weighted by Crippen LogP contribution is -1.91. The molecule has 11 rings (SSSR count). The van der Waals surface area contributed by atoms with Crippen LogP contribution in [-0.4, -0.2) is 0 Å². The first kappa shape index (κ1) is 25.9. The molecule has 11 aromatic carbocycles. The minimum Gasteiger partial charge on any atom is -0.0622 e. The van der Waals surface area contributed by atoms with Gasteiger partial charge in [-0.2, -0.15) is 0 Å². The number of hydrogen-bond acceptors (Lipinski definition) is 0. The van der Waals surface area contributed by atoms with E-state index in [1.165, 1.54) is 109 Å². The summed E-state index contributed by atoms with van der Waals surface area (Å²) in [5.41, 5.74) is 7.67. The first-order chi connectivity index (χ1) is 23.9. The van der Waals surface area contributed by atoms with Crippen LogP contribution in [0.4, 0.5) is 0 Å². The molecule has 0 radical (unpaired) electrons. The Bertz CT molecular complexity index is 3010. The molecule has 48 heavy (non-hydrogen) atoms. The lowest BCUT2D eigenvalue weighted by atomic mass is 9.84. The van der Waals surface area contributed by atoms with Crippen molar-refractivity contribution in [3.63, 3.8) is 0 Å². The molecule has 0 aliphatic rings. The molecule has 0 amide bonds. The molecule has 0 atom stereocenters. The number of rotatable bonds is 3. The van der Waals surface area contributed by atoms with Gasteiger partial charge in [-0.1, -0.05) is 164 Å². The van der Waals surface area contributed by atoms with E-state index < -0.39 is 0 Å². The minimum atomic E-state index is 1.25. The van der Waals surface area contributed by atoms with Gasteiger partial charge in [-0.15, -0.1) is 0 Å². The highest BCUT2D eigenvalue weighted by atomic mass is 14.3. The van der Waals surface area contributed by atoms with Crippen molar-refractivity contribution >= 4 is 75.4 Å². The molecule has 220 valence electrons. The van der Waals surface area contributed by atoms with E-state index in [0.29, 0.717) is 0 Å².